The van der Waals surface area contributed by atoms with E-state index in [-0.39, 0.29) is 6.10 Å². The van der Waals surface area contributed by atoms with Gasteiger partial charge in [0.15, 0.2) is 0 Å². The van der Waals surface area contributed by atoms with Crippen LogP contribution in [0.25, 0.3) is 0 Å². The third-order valence-electron chi connectivity index (χ3n) is 3.17. The van der Waals surface area contributed by atoms with Gasteiger partial charge in [0.2, 0.25) is 0 Å². The standard InChI is InChI=1S/C15H22O3/c1-13(10-15-8-5-9-17-15)18-12-16-11-14-6-3-2-4-7-14/h2-4,6-7,13,15H,5,8-12H2,1H3/t13-,15+/m0/s1. The summed E-state index contributed by atoms with van der Waals surface area (Å²) in [6.45, 7) is 3.94. The van der Waals surface area contributed by atoms with Gasteiger partial charge in [0.05, 0.1) is 18.8 Å². The Morgan fingerprint density at radius 1 is 1.33 bits per heavy atom. The van der Waals surface area contributed by atoms with Gasteiger partial charge in [-0.15, -0.1) is 0 Å². The van der Waals surface area contributed by atoms with E-state index in [0.29, 0.717) is 19.5 Å². The van der Waals surface area contributed by atoms with E-state index in [0.717, 1.165) is 13.0 Å². The van der Waals surface area contributed by atoms with Crippen LogP contribution in [-0.4, -0.2) is 25.6 Å². The summed E-state index contributed by atoms with van der Waals surface area (Å²) in [5.74, 6) is 0. The molecule has 100 valence electrons. The van der Waals surface area contributed by atoms with Crippen molar-refractivity contribution in [3.8, 4) is 0 Å². The summed E-state index contributed by atoms with van der Waals surface area (Å²) in [5, 5.41) is 0. The first-order valence-electron chi connectivity index (χ1n) is 6.69. The molecule has 1 aliphatic heterocycles. The van der Waals surface area contributed by atoms with Crippen LogP contribution < -0.4 is 0 Å². The van der Waals surface area contributed by atoms with Crippen LogP contribution in [0.5, 0.6) is 0 Å². The zero-order valence-electron chi connectivity index (χ0n) is 11.0. The van der Waals surface area contributed by atoms with Gasteiger partial charge in [-0.2, -0.15) is 0 Å². The molecular formula is C15H22O3. The fourth-order valence-electron chi connectivity index (χ4n) is 2.17. The average Bonchev–Trinajstić information content (AvgIpc) is 2.89. The van der Waals surface area contributed by atoms with E-state index >= 15 is 0 Å². The predicted octanol–water partition coefficient (Wildman–Crippen LogP) is 3.13. The second-order valence-electron chi connectivity index (χ2n) is 4.80. The van der Waals surface area contributed by atoms with Crippen molar-refractivity contribution in [2.75, 3.05) is 13.4 Å². The van der Waals surface area contributed by atoms with Crippen molar-refractivity contribution in [3.05, 3.63) is 35.9 Å². The number of ether oxygens (including phenoxy) is 3. The van der Waals surface area contributed by atoms with E-state index in [1.807, 2.05) is 18.2 Å². The lowest BCUT2D eigenvalue weighted by molar-refractivity contribution is -0.101. The van der Waals surface area contributed by atoms with Crippen molar-refractivity contribution < 1.29 is 14.2 Å². The van der Waals surface area contributed by atoms with Crippen LogP contribution in [0, 0.1) is 0 Å². The van der Waals surface area contributed by atoms with Gasteiger partial charge < -0.3 is 14.2 Å². The van der Waals surface area contributed by atoms with E-state index in [1.54, 1.807) is 0 Å². The summed E-state index contributed by atoms with van der Waals surface area (Å²) < 4.78 is 16.7. The van der Waals surface area contributed by atoms with Gasteiger partial charge in [-0.1, -0.05) is 30.3 Å². The highest BCUT2D eigenvalue weighted by Gasteiger charge is 2.18. The lowest BCUT2D eigenvalue weighted by Gasteiger charge is -2.16. The first kappa shape index (κ1) is 13.5. The van der Waals surface area contributed by atoms with Gasteiger partial charge in [0.25, 0.3) is 0 Å². The Morgan fingerprint density at radius 3 is 2.89 bits per heavy atom. The molecule has 0 radical (unpaired) electrons. The molecule has 0 saturated carbocycles. The molecule has 0 unspecified atom stereocenters. The minimum absolute atomic E-state index is 0.198. The summed E-state index contributed by atoms with van der Waals surface area (Å²) in [7, 11) is 0. The molecule has 1 aromatic carbocycles. The second kappa shape index (κ2) is 7.52. The van der Waals surface area contributed by atoms with Crippen LogP contribution in [0.15, 0.2) is 30.3 Å². The third-order valence-corrected chi connectivity index (χ3v) is 3.17. The fourth-order valence-corrected chi connectivity index (χ4v) is 2.17. The Balaban J connectivity index is 1.54. The normalized spacial score (nSPS) is 21.1. The van der Waals surface area contributed by atoms with Gasteiger partial charge in [0.1, 0.15) is 6.79 Å². The van der Waals surface area contributed by atoms with Gasteiger partial charge in [0, 0.05) is 6.61 Å². The van der Waals surface area contributed by atoms with Crippen LogP contribution in [0.3, 0.4) is 0 Å². The Morgan fingerprint density at radius 2 is 2.17 bits per heavy atom. The Hall–Kier alpha value is -0.900. The zero-order chi connectivity index (χ0) is 12.6. The lowest BCUT2D eigenvalue weighted by Crippen LogP contribution is -2.18. The second-order valence-corrected chi connectivity index (χ2v) is 4.80. The summed E-state index contributed by atoms with van der Waals surface area (Å²) in [4.78, 5) is 0. The molecule has 1 saturated heterocycles. The number of hydrogen-bond acceptors (Lipinski definition) is 3. The molecule has 0 spiro atoms. The summed E-state index contributed by atoms with van der Waals surface area (Å²) in [6, 6.07) is 10.1. The predicted molar refractivity (Wildman–Crippen MR) is 70.2 cm³/mol. The van der Waals surface area contributed by atoms with Crippen molar-refractivity contribution in [2.24, 2.45) is 0 Å². The number of hydrogen-bond donors (Lipinski definition) is 0. The van der Waals surface area contributed by atoms with Crippen molar-refractivity contribution >= 4 is 0 Å². The Labute approximate surface area is 109 Å². The van der Waals surface area contributed by atoms with Crippen molar-refractivity contribution in [1.29, 1.82) is 0 Å². The van der Waals surface area contributed by atoms with Crippen molar-refractivity contribution in [2.45, 2.75) is 45.0 Å². The van der Waals surface area contributed by atoms with Crippen LogP contribution in [-0.2, 0) is 20.8 Å². The maximum atomic E-state index is 5.62. The maximum absolute atomic E-state index is 5.62. The van der Waals surface area contributed by atoms with E-state index in [4.69, 9.17) is 14.2 Å². The van der Waals surface area contributed by atoms with Crippen LogP contribution in [0.4, 0.5) is 0 Å². The molecule has 0 aliphatic carbocycles. The molecule has 3 heteroatoms. The lowest BCUT2D eigenvalue weighted by atomic mass is 10.1. The molecule has 2 atom stereocenters. The van der Waals surface area contributed by atoms with E-state index in [9.17, 15) is 0 Å². The molecule has 1 aromatic rings. The minimum Gasteiger partial charge on any atom is -0.378 e. The minimum atomic E-state index is 0.198. The smallest absolute Gasteiger partial charge is 0.147 e. The summed E-state index contributed by atoms with van der Waals surface area (Å²) >= 11 is 0. The summed E-state index contributed by atoms with van der Waals surface area (Å²) in [6.07, 6.45) is 3.90. The zero-order valence-corrected chi connectivity index (χ0v) is 11.0. The van der Waals surface area contributed by atoms with Crippen LogP contribution >= 0.6 is 0 Å². The van der Waals surface area contributed by atoms with E-state index in [2.05, 4.69) is 19.1 Å². The maximum Gasteiger partial charge on any atom is 0.147 e. The van der Waals surface area contributed by atoms with Gasteiger partial charge >= 0.3 is 0 Å². The molecule has 1 heterocycles. The molecule has 3 nitrogen and oxygen atoms in total. The largest absolute Gasteiger partial charge is 0.378 e. The third kappa shape index (κ3) is 4.77. The highest BCUT2D eigenvalue weighted by Crippen LogP contribution is 2.18. The Kier molecular flexibility index (Phi) is 5.65. The highest BCUT2D eigenvalue weighted by molar-refractivity contribution is 5.13. The molecule has 1 aliphatic rings. The van der Waals surface area contributed by atoms with Crippen LogP contribution in [0.2, 0.25) is 0 Å². The molecular weight excluding hydrogens is 228 g/mol. The molecule has 0 N–H and O–H groups in total. The molecule has 0 bridgehead atoms. The molecule has 2 rings (SSSR count). The Bertz CT molecular complexity index is 320. The van der Waals surface area contributed by atoms with Crippen LogP contribution in [0.1, 0.15) is 31.7 Å². The molecule has 0 aromatic heterocycles. The SMILES string of the molecule is C[C@@H](C[C@H]1CCCO1)OCOCc1ccccc1. The highest BCUT2D eigenvalue weighted by atomic mass is 16.7. The van der Waals surface area contributed by atoms with Crippen molar-refractivity contribution in [3.63, 3.8) is 0 Å². The molecule has 1 fully saturated rings. The van der Waals surface area contributed by atoms with E-state index < -0.39 is 0 Å². The van der Waals surface area contributed by atoms with E-state index in [1.165, 1.54) is 18.4 Å². The van der Waals surface area contributed by atoms with Gasteiger partial charge in [-0.05, 0) is 31.7 Å². The monoisotopic (exact) mass is 250 g/mol. The molecule has 18 heavy (non-hydrogen) atoms. The number of benzene rings is 1. The average molecular weight is 250 g/mol. The first-order valence-corrected chi connectivity index (χ1v) is 6.69. The summed E-state index contributed by atoms with van der Waals surface area (Å²) in [5.41, 5.74) is 1.17. The van der Waals surface area contributed by atoms with Crippen molar-refractivity contribution in [1.82, 2.24) is 0 Å². The topological polar surface area (TPSA) is 27.7 Å². The van der Waals surface area contributed by atoms with Gasteiger partial charge in [-0.3, -0.25) is 0 Å². The first-order chi connectivity index (χ1) is 8.84. The van der Waals surface area contributed by atoms with Gasteiger partial charge in [-0.25, -0.2) is 0 Å². The fraction of sp³-hybridized carbons (Fsp3) is 0.600. The molecule has 0 amide bonds. The quantitative estimate of drug-likeness (QED) is 0.549. The number of rotatable bonds is 7.